The van der Waals surface area contributed by atoms with Crippen molar-refractivity contribution in [2.45, 2.75) is 12.8 Å². The third-order valence-corrected chi connectivity index (χ3v) is 2.18. The SMILES string of the molecule is [CH2]C(CO)c1ccc(OC)c(OCC)c1. The Labute approximate surface area is 90.6 Å². The minimum atomic E-state index is -0.130. The molecule has 0 amide bonds. The summed E-state index contributed by atoms with van der Waals surface area (Å²) in [6.07, 6.45) is 0. The predicted octanol–water partition coefficient (Wildman–Crippen LogP) is 2.00. The van der Waals surface area contributed by atoms with Crippen LogP contribution in [-0.4, -0.2) is 25.4 Å². The number of ether oxygens (including phenoxy) is 2. The number of hydrogen-bond acceptors (Lipinski definition) is 3. The van der Waals surface area contributed by atoms with Crippen molar-refractivity contribution in [1.82, 2.24) is 0 Å². The van der Waals surface area contributed by atoms with Crippen molar-refractivity contribution < 1.29 is 14.6 Å². The average molecular weight is 209 g/mol. The quantitative estimate of drug-likeness (QED) is 0.806. The first-order valence-corrected chi connectivity index (χ1v) is 4.97. The van der Waals surface area contributed by atoms with E-state index in [1.54, 1.807) is 7.11 Å². The summed E-state index contributed by atoms with van der Waals surface area (Å²) in [6, 6.07) is 5.57. The largest absolute Gasteiger partial charge is 0.493 e. The summed E-state index contributed by atoms with van der Waals surface area (Å²) in [5, 5.41) is 9.00. The molecule has 3 heteroatoms. The molecule has 0 saturated carbocycles. The van der Waals surface area contributed by atoms with Crippen molar-refractivity contribution in [3.05, 3.63) is 30.7 Å². The second-order valence-corrected chi connectivity index (χ2v) is 3.22. The molecule has 0 aliphatic rings. The maximum absolute atomic E-state index is 9.00. The van der Waals surface area contributed by atoms with Crippen LogP contribution in [0, 0.1) is 6.92 Å². The molecular formula is C12H17O3. The highest BCUT2D eigenvalue weighted by atomic mass is 16.5. The standard InChI is InChI=1S/C12H17O3/c1-4-15-12-7-10(9(2)8-13)5-6-11(12)14-3/h5-7,9,13H,2,4,8H2,1,3H3. The van der Waals surface area contributed by atoms with Crippen molar-refractivity contribution in [3.8, 4) is 11.5 Å². The Bertz CT molecular complexity index is 310. The Morgan fingerprint density at radius 3 is 2.67 bits per heavy atom. The number of aliphatic hydroxyl groups excluding tert-OH is 1. The molecule has 1 rings (SSSR count). The van der Waals surface area contributed by atoms with Crippen LogP contribution in [0.5, 0.6) is 11.5 Å². The molecule has 1 radical (unpaired) electrons. The van der Waals surface area contributed by atoms with Gasteiger partial charge in [0.25, 0.3) is 0 Å². The van der Waals surface area contributed by atoms with E-state index in [4.69, 9.17) is 14.6 Å². The third-order valence-electron chi connectivity index (χ3n) is 2.18. The minimum Gasteiger partial charge on any atom is -0.493 e. The Morgan fingerprint density at radius 2 is 2.13 bits per heavy atom. The van der Waals surface area contributed by atoms with Gasteiger partial charge in [-0.1, -0.05) is 6.07 Å². The topological polar surface area (TPSA) is 38.7 Å². The van der Waals surface area contributed by atoms with Crippen LogP contribution in [0.3, 0.4) is 0 Å². The molecule has 0 aliphatic carbocycles. The van der Waals surface area contributed by atoms with Crippen LogP contribution < -0.4 is 9.47 Å². The lowest BCUT2D eigenvalue weighted by atomic mass is 10.0. The molecule has 1 atom stereocenters. The second-order valence-electron chi connectivity index (χ2n) is 3.22. The van der Waals surface area contributed by atoms with Gasteiger partial charge in [0.1, 0.15) is 0 Å². The number of methoxy groups -OCH3 is 1. The van der Waals surface area contributed by atoms with Crippen molar-refractivity contribution in [1.29, 1.82) is 0 Å². The fourth-order valence-electron chi connectivity index (χ4n) is 1.32. The van der Waals surface area contributed by atoms with E-state index in [-0.39, 0.29) is 12.5 Å². The van der Waals surface area contributed by atoms with Gasteiger partial charge in [0.05, 0.1) is 13.7 Å². The van der Waals surface area contributed by atoms with Crippen molar-refractivity contribution in [2.75, 3.05) is 20.3 Å². The van der Waals surface area contributed by atoms with Crippen LogP contribution in [0.2, 0.25) is 0 Å². The van der Waals surface area contributed by atoms with E-state index in [0.717, 1.165) is 5.56 Å². The number of hydrogen-bond donors (Lipinski definition) is 1. The van der Waals surface area contributed by atoms with Gasteiger partial charge in [0.2, 0.25) is 0 Å². The molecule has 0 bridgehead atoms. The van der Waals surface area contributed by atoms with Gasteiger partial charge >= 0.3 is 0 Å². The molecule has 0 aromatic heterocycles. The number of benzene rings is 1. The van der Waals surface area contributed by atoms with E-state index < -0.39 is 0 Å². The number of rotatable bonds is 5. The van der Waals surface area contributed by atoms with Crippen LogP contribution >= 0.6 is 0 Å². The van der Waals surface area contributed by atoms with E-state index >= 15 is 0 Å². The molecule has 3 nitrogen and oxygen atoms in total. The van der Waals surface area contributed by atoms with Gasteiger partial charge in [-0.25, -0.2) is 0 Å². The first-order valence-electron chi connectivity index (χ1n) is 4.97. The van der Waals surface area contributed by atoms with Crippen LogP contribution in [0.1, 0.15) is 18.4 Å². The molecule has 0 spiro atoms. The van der Waals surface area contributed by atoms with Crippen molar-refractivity contribution in [3.63, 3.8) is 0 Å². The lowest BCUT2D eigenvalue weighted by molar-refractivity contribution is 0.281. The zero-order chi connectivity index (χ0) is 11.3. The molecule has 1 aromatic rings. The third kappa shape index (κ3) is 2.86. The van der Waals surface area contributed by atoms with Crippen molar-refractivity contribution in [2.24, 2.45) is 0 Å². The molecule has 1 N–H and O–H groups in total. The Morgan fingerprint density at radius 1 is 1.40 bits per heavy atom. The summed E-state index contributed by atoms with van der Waals surface area (Å²) < 4.78 is 10.6. The molecular weight excluding hydrogens is 192 g/mol. The van der Waals surface area contributed by atoms with Crippen LogP contribution in [-0.2, 0) is 0 Å². The summed E-state index contributed by atoms with van der Waals surface area (Å²) in [5.74, 6) is 1.26. The van der Waals surface area contributed by atoms with Crippen molar-refractivity contribution >= 4 is 0 Å². The maximum Gasteiger partial charge on any atom is 0.161 e. The van der Waals surface area contributed by atoms with E-state index in [9.17, 15) is 0 Å². The Kier molecular flexibility index (Phi) is 4.43. The van der Waals surface area contributed by atoms with Crippen LogP contribution in [0.15, 0.2) is 18.2 Å². The highest BCUT2D eigenvalue weighted by Gasteiger charge is 2.09. The van der Waals surface area contributed by atoms with Gasteiger partial charge in [-0.2, -0.15) is 0 Å². The highest BCUT2D eigenvalue weighted by Crippen LogP contribution is 2.30. The lowest BCUT2D eigenvalue weighted by Gasteiger charge is -2.13. The van der Waals surface area contributed by atoms with E-state index in [2.05, 4.69) is 6.92 Å². The van der Waals surface area contributed by atoms with E-state index in [1.807, 2.05) is 25.1 Å². The highest BCUT2D eigenvalue weighted by molar-refractivity contribution is 5.44. The molecule has 1 aromatic carbocycles. The average Bonchev–Trinajstić information content (AvgIpc) is 2.28. The molecule has 0 saturated heterocycles. The summed E-state index contributed by atoms with van der Waals surface area (Å²) >= 11 is 0. The summed E-state index contributed by atoms with van der Waals surface area (Å²) in [7, 11) is 1.60. The van der Waals surface area contributed by atoms with Gasteiger partial charge in [-0.15, -0.1) is 0 Å². The van der Waals surface area contributed by atoms with Crippen LogP contribution in [0.25, 0.3) is 0 Å². The van der Waals surface area contributed by atoms with Gasteiger partial charge in [-0.3, -0.25) is 0 Å². The second kappa shape index (κ2) is 5.61. The normalized spacial score (nSPS) is 12.3. The lowest BCUT2D eigenvalue weighted by Crippen LogP contribution is -2.01. The molecule has 0 fully saturated rings. The Hall–Kier alpha value is -1.22. The van der Waals surface area contributed by atoms with Crippen LogP contribution in [0.4, 0.5) is 0 Å². The molecule has 1 unspecified atom stereocenters. The van der Waals surface area contributed by atoms with E-state index in [0.29, 0.717) is 18.1 Å². The predicted molar refractivity (Wildman–Crippen MR) is 59.3 cm³/mol. The first-order chi connectivity index (χ1) is 7.22. The monoisotopic (exact) mass is 209 g/mol. The van der Waals surface area contributed by atoms with Gasteiger partial charge in [-0.05, 0) is 31.5 Å². The molecule has 0 heterocycles. The first kappa shape index (κ1) is 11.9. The fourth-order valence-corrected chi connectivity index (χ4v) is 1.32. The number of aliphatic hydroxyl groups is 1. The van der Waals surface area contributed by atoms with Gasteiger partial charge in [0, 0.05) is 12.5 Å². The van der Waals surface area contributed by atoms with Gasteiger partial charge in [0.15, 0.2) is 11.5 Å². The summed E-state index contributed by atoms with van der Waals surface area (Å²) in [5.41, 5.74) is 0.946. The Balaban J connectivity index is 2.98. The maximum atomic E-state index is 9.00. The molecule has 15 heavy (non-hydrogen) atoms. The molecule has 0 aliphatic heterocycles. The summed E-state index contributed by atoms with van der Waals surface area (Å²) in [4.78, 5) is 0. The zero-order valence-electron chi connectivity index (χ0n) is 9.19. The smallest absolute Gasteiger partial charge is 0.161 e. The molecule has 83 valence electrons. The minimum absolute atomic E-state index is 0.0257. The summed E-state index contributed by atoms with van der Waals surface area (Å²) in [6.45, 7) is 6.36. The zero-order valence-corrected chi connectivity index (χ0v) is 9.19. The fraction of sp³-hybridized carbons (Fsp3) is 0.417. The van der Waals surface area contributed by atoms with Gasteiger partial charge < -0.3 is 14.6 Å². The van der Waals surface area contributed by atoms with E-state index in [1.165, 1.54) is 0 Å².